The number of piperidine rings is 1. The summed E-state index contributed by atoms with van der Waals surface area (Å²) in [6.07, 6.45) is 4.51. The molecular formula is C16H20BrN3. The normalized spacial score (nSPS) is 16.5. The van der Waals surface area contributed by atoms with Gasteiger partial charge in [0.1, 0.15) is 0 Å². The lowest BCUT2D eigenvalue weighted by atomic mass is 9.98. The van der Waals surface area contributed by atoms with Crippen LogP contribution in [0.2, 0.25) is 0 Å². The average Bonchev–Trinajstić information content (AvgIpc) is 2.83. The van der Waals surface area contributed by atoms with Gasteiger partial charge in [-0.2, -0.15) is 5.10 Å². The number of benzene rings is 1. The van der Waals surface area contributed by atoms with Gasteiger partial charge in [0.15, 0.2) is 0 Å². The minimum atomic E-state index is 0.757. The Labute approximate surface area is 128 Å². The fourth-order valence-corrected chi connectivity index (χ4v) is 3.12. The van der Waals surface area contributed by atoms with Gasteiger partial charge in [-0.3, -0.25) is 4.68 Å². The molecule has 0 amide bonds. The molecule has 0 atom stereocenters. The minimum Gasteiger partial charge on any atom is -0.317 e. The van der Waals surface area contributed by atoms with Gasteiger partial charge in [-0.15, -0.1) is 0 Å². The molecule has 1 N–H and O–H groups in total. The lowest BCUT2D eigenvalue weighted by Gasteiger charge is -2.23. The van der Waals surface area contributed by atoms with Crippen LogP contribution in [0.15, 0.2) is 34.9 Å². The van der Waals surface area contributed by atoms with Gasteiger partial charge in [-0.25, -0.2) is 0 Å². The van der Waals surface area contributed by atoms with E-state index in [2.05, 4.69) is 62.2 Å². The third kappa shape index (κ3) is 2.96. The van der Waals surface area contributed by atoms with Crippen molar-refractivity contribution in [2.45, 2.75) is 26.3 Å². The predicted octanol–water partition coefficient (Wildman–Crippen LogP) is 3.62. The van der Waals surface area contributed by atoms with Crippen LogP contribution in [0, 0.1) is 12.8 Å². The van der Waals surface area contributed by atoms with Gasteiger partial charge in [0.25, 0.3) is 0 Å². The first kappa shape index (κ1) is 13.8. The molecule has 1 fully saturated rings. The summed E-state index contributed by atoms with van der Waals surface area (Å²) in [4.78, 5) is 0. The number of nitrogens with zero attached hydrogens (tertiary/aromatic N) is 2. The summed E-state index contributed by atoms with van der Waals surface area (Å²) in [7, 11) is 0. The van der Waals surface area contributed by atoms with Crippen molar-refractivity contribution in [3.8, 4) is 11.1 Å². The summed E-state index contributed by atoms with van der Waals surface area (Å²) in [5, 5.41) is 8.01. The summed E-state index contributed by atoms with van der Waals surface area (Å²) in [5.41, 5.74) is 3.75. The van der Waals surface area contributed by atoms with E-state index < -0.39 is 0 Å². The van der Waals surface area contributed by atoms with Gasteiger partial charge in [0.2, 0.25) is 0 Å². The zero-order chi connectivity index (χ0) is 13.9. The summed E-state index contributed by atoms with van der Waals surface area (Å²) in [6, 6.07) is 8.45. The number of hydrogen-bond donors (Lipinski definition) is 1. The zero-order valence-corrected chi connectivity index (χ0v) is 13.4. The lowest BCUT2D eigenvalue weighted by molar-refractivity contribution is 0.319. The van der Waals surface area contributed by atoms with Crippen LogP contribution in [0.4, 0.5) is 0 Å². The maximum Gasteiger partial charge on any atom is 0.0571 e. The molecule has 0 unspecified atom stereocenters. The Hall–Kier alpha value is -1.13. The standard InChI is InChI=1S/C16H20BrN3/c1-12-16(14-2-4-15(17)5-3-14)10-19-20(12)11-13-6-8-18-9-7-13/h2-5,10,13,18H,6-9,11H2,1H3. The Kier molecular flexibility index (Phi) is 4.22. The van der Waals surface area contributed by atoms with Gasteiger partial charge in [0, 0.05) is 22.3 Å². The second-order valence-electron chi connectivity index (χ2n) is 5.53. The molecule has 1 aliphatic rings. The van der Waals surface area contributed by atoms with Crippen LogP contribution in [-0.2, 0) is 6.54 Å². The minimum absolute atomic E-state index is 0.757. The Morgan fingerprint density at radius 1 is 1.25 bits per heavy atom. The average molecular weight is 334 g/mol. The van der Waals surface area contributed by atoms with Gasteiger partial charge in [-0.1, -0.05) is 28.1 Å². The summed E-state index contributed by atoms with van der Waals surface area (Å²) in [5.74, 6) is 0.757. The first-order valence-corrected chi connectivity index (χ1v) is 8.02. The lowest BCUT2D eigenvalue weighted by Crippen LogP contribution is -2.30. The predicted molar refractivity (Wildman–Crippen MR) is 85.7 cm³/mol. The maximum absolute atomic E-state index is 4.59. The van der Waals surface area contributed by atoms with Crippen molar-refractivity contribution in [1.82, 2.24) is 15.1 Å². The molecule has 4 heteroatoms. The second kappa shape index (κ2) is 6.10. The van der Waals surface area contributed by atoms with Crippen LogP contribution in [-0.4, -0.2) is 22.9 Å². The van der Waals surface area contributed by atoms with Crippen molar-refractivity contribution in [1.29, 1.82) is 0 Å². The largest absolute Gasteiger partial charge is 0.317 e. The highest BCUT2D eigenvalue weighted by Crippen LogP contribution is 2.26. The van der Waals surface area contributed by atoms with Crippen LogP contribution in [0.5, 0.6) is 0 Å². The van der Waals surface area contributed by atoms with Crippen molar-refractivity contribution in [2.75, 3.05) is 13.1 Å². The van der Waals surface area contributed by atoms with Gasteiger partial charge < -0.3 is 5.32 Å². The molecule has 3 nitrogen and oxygen atoms in total. The van der Waals surface area contributed by atoms with Crippen LogP contribution in [0.25, 0.3) is 11.1 Å². The van der Waals surface area contributed by atoms with E-state index in [0.29, 0.717) is 0 Å². The van der Waals surface area contributed by atoms with E-state index in [1.165, 1.54) is 29.7 Å². The van der Waals surface area contributed by atoms with E-state index in [-0.39, 0.29) is 0 Å². The number of hydrogen-bond acceptors (Lipinski definition) is 2. The van der Waals surface area contributed by atoms with Crippen molar-refractivity contribution in [3.63, 3.8) is 0 Å². The molecular weight excluding hydrogens is 314 g/mol. The Bertz CT molecular complexity index is 568. The molecule has 0 aliphatic carbocycles. The Balaban J connectivity index is 1.79. The maximum atomic E-state index is 4.59. The first-order chi connectivity index (χ1) is 9.74. The van der Waals surface area contributed by atoms with Gasteiger partial charge in [-0.05, 0) is 56.5 Å². The molecule has 3 rings (SSSR count). The summed E-state index contributed by atoms with van der Waals surface area (Å²) >= 11 is 3.48. The quantitative estimate of drug-likeness (QED) is 0.929. The third-order valence-corrected chi connectivity index (χ3v) is 4.68. The van der Waals surface area contributed by atoms with Crippen molar-refractivity contribution in [3.05, 3.63) is 40.6 Å². The van der Waals surface area contributed by atoms with Crippen LogP contribution < -0.4 is 5.32 Å². The highest BCUT2D eigenvalue weighted by molar-refractivity contribution is 9.10. The molecule has 1 aromatic carbocycles. The second-order valence-corrected chi connectivity index (χ2v) is 6.44. The van der Waals surface area contributed by atoms with Crippen LogP contribution in [0.3, 0.4) is 0 Å². The van der Waals surface area contributed by atoms with E-state index >= 15 is 0 Å². The summed E-state index contributed by atoms with van der Waals surface area (Å²) in [6.45, 7) is 5.50. The topological polar surface area (TPSA) is 29.9 Å². The number of nitrogens with one attached hydrogen (secondary N) is 1. The molecule has 1 aromatic heterocycles. The molecule has 1 saturated heterocycles. The Morgan fingerprint density at radius 2 is 1.95 bits per heavy atom. The van der Waals surface area contributed by atoms with Crippen molar-refractivity contribution < 1.29 is 0 Å². The number of rotatable bonds is 3. The monoisotopic (exact) mass is 333 g/mol. The summed E-state index contributed by atoms with van der Waals surface area (Å²) < 4.78 is 3.29. The fraction of sp³-hybridized carbons (Fsp3) is 0.438. The Morgan fingerprint density at radius 3 is 2.65 bits per heavy atom. The van der Waals surface area contributed by atoms with Crippen LogP contribution in [0.1, 0.15) is 18.5 Å². The molecule has 2 aromatic rings. The fourth-order valence-electron chi connectivity index (χ4n) is 2.85. The number of halogens is 1. The molecule has 1 aliphatic heterocycles. The van der Waals surface area contributed by atoms with Gasteiger partial charge in [0.05, 0.1) is 6.20 Å². The molecule has 0 radical (unpaired) electrons. The van der Waals surface area contributed by atoms with E-state index in [9.17, 15) is 0 Å². The number of aromatic nitrogens is 2. The highest BCUT2D eigenvalue weighted by Gasteiger charge is 2.16. The van der Waals surface area contributed by atoms with E-state index in [1.54, 1.807) is 0 Å². The molecule has 106 valence electrons. The molecule has 2 heterocycles. The van der Waals surface area contributed by atoms with Crippen LogP contribution >= 0.6 is 15.9 Å². The molecule has 0 saturated carbocycles. The zero-order valence-electron chi connectivity index (χ0n) is 11.8. The van der Waals surface area contributed by atoms with E-state index in [0.717, 1.165) is 30.0 Å². The first-order valence-electron chi connectivity index (χ1n) is 7.23. The third-order valence-electron chi connectivity index (χ3n) is 4.15. The molecule has 0 spiro atoms. The molecule has 20 heavy (non-hydrogen) atoms. The van der Waals surface area contributed by atoms with Gasteiger partial charge >= 0.3 is 0 Å². The van der Waals surface area contributed by atoms with E-state index in [4.69, 9.17) is 0 Å². The van der Waals surface area contributed by atoms with E-state index in [1.807, 2.05) is 6.20 Å². The van der Waals surface area contributed by atoms with Crippen molar-refractivity contribution in [2.24, 2.45) is 5.92 Å². The van der Waals surface area contributed by atoms with Crippen molar-refractivity contribution >= 4 is 15.9 Å². The molecule has 0 bridgehead atoms. The SMILES string of the molecule is Cc1c(-c2ccc(Br)cc2)cnn1CC1CCNCC1. The highest BCUT2D eigenvalue weighted by atomic mass is 79.9. The smallest absolute Gasteiger partial charge is 0.0571 e.